The molecule has 112 valence electrons. The van der Waals surface area contributed by atoms with Crippen LogP contribution in [0.5, 0.6) is 0 Å². The maximum atomic E-state index is 6.14. The number of thioether (sulfide) groups is 1. The first-order valence-corrected chi connectivity index (χ1v) is 8.52. The van der Waals surface area contributed by atoms with Crippen LogP contribution in [0.2, 0.25) is 0 Å². The van der Waals surface area contributed by atoms with Crippen molar-refractivity contribution in [3.05, 3.63) is 23.4 Å². The zero-order chi connectivity index (χ0) is 14.5. The van der Waals surface area contributed by atoms with Gasteiger partial charge in [-0.1, -0.05) is 6.92 Å². The van der Waals surface area contributed by atoms with Gasteiger partial charge in [-0.15, -0.1) is 0 Å². The summed E-state index contributed by atoms with van der Waals surface area (Å²) in [5, 5.41) is 3.68. The summed E-state index contributed by atoms with van der Waals surface area (Å²) in [6.45, 7) is 6.42. The number of aryl methyl sites for hydroxylation is 1. The molecule has 1 fully saturated rings. The Labute approximate surface area is 126 Å². The monoisotopic (exact) mass is 294 g/mol. The Morgan fingerprint density at radius 3 is 3.10 bits per heavy atom. The van der Waals surface area contributed by atoms with Crippen LogP contribution in [0.4, 0.5) is 5.82 Å². The zero-order valence-electron chi connectivity index (χ0n) is 12.7. The maximum Gasteiger partial charge on any atom is 0.128 e. The van der Waals surface area contributed by atoms with Crippen LogP contribution in [-0.2, 0) is 0 Å². The van der Waals surface area contributed by atoms with Crippen molar-refractivity contribution in [3.8, 4) is 0 Å². The topological polar surface area (TPSA) is 54.2 Å². The van der Waals surface area contributed by atoms with Gasteiger partial charge in [-0.2, -0.15) is 11.8 Å². The number of pyridine rings is 1. The predicted octanol–water partition coefficient (Wildman–Crippen LogP) is 2.06. The molecule has 1 aromatic heterocycles. The van der Waals surface area contributed by atoms with Gasteiger partial charge in [0.1, 0.15) is 5.82 Å². The first-order chi connectivity index (χ1) is 9.63. The van der Waals surface area contributed by atoms with Crippen molar-refractivity contribution in [2.45, 2.75) is 32.4 Å². The van der Waals surface area contributed by atoms with E-state index in [0.29, 0.717) is 11.9 Å². The molecule has 2 rings (SSSR count). The van der Waals surface area contributed by atoms with Crippen molar-refractivity contribution < 1.29 is 0 Å². The van der Waals surface area contributed by atoms with Gasteiger partial charge in [-0.05, 0) is 38.6 Å². The molecule has 2 heterocycles. The number of anilines is 1. The van der Waals surface area contributed by atoms with Gasteiger partial charge >= 0.3 is 0 Å². The van der Waals surface area contributed by atoms with Crippen LogP contribution in [0, 0.1) is 6.92 Å². The molecule has 0 aromatic carbocycles. The molecule has 0 radical (unpaired) electrons. The van der Waals surface area contributed by atoms with Crippen molar-refractivity contribution in [1.82, 2.24) is 15.2 Å². The van der Waals surface area contributed by atoms with E-state index in [2.05, 4.69) is 42.2 Å². The number of hydrogen-bond acceptors (Lipinski definition) is 5. The molecular weight excluding hydrogens is 268 g/mol. The highest BCUT2D eigenvalue weighted by molar-refractivity contribution is 7.99. The highest BCUT2D eigenvalue weighted by atomic mass is 32.2. The zero-order valence-corrected chi connectivity index (χ0v) is 13.5. The van der Waals surface area contributed by atoms with E-state index in [1.807, 2.05) is 18.0 Å². The smallest absolute Gasteiger partial charge is 0.128 e. The summed E-state index contributed by atoms with van der Waals surface area (Å²) in [5.74, 6) is 3.02. The molecule has 0 saturated carbocycles. The van der Waals surface area contributed by atoms with E-state index in [0.717, 1.165) is 30.8 Å². The Balaban J connectivity index is 2.28. The third kappa shape index (κ3) is 3.65. The standard InChI is InChI=1S/C15H26N4S/c1-4-5-17-14(13-10-20-7-6-19(13)3)12-8-11(2)9-18-15(12)16/h8-9,13-14,17H,4-7,10H2,1-3H3,(H2,16,18). The number of aromatic nitrogens is 1. The van der Waals surface area contributed by atoms with E-state index >= 15 is 0 Å². The maximum absolute atomic E-state index is 6.14. The minimum atomic E-state index is 0.264. The number of likely N-dealkylation sites (N-methyl/N-ethyl adjacent to an activating group) is 1. The summed E-state index contributed by atoms with van der Waals surface area (Å²) in [6, 6.07) is 2.93. The molecule has 1 aliphatic rings. The third-order valence-electron chi connectivity index (χ3n) is 3.86. The summed E-state index contributed by atoms with van der Waals surface area (Å²) < 4.78 is 0. The summed E-state index contributed by atoms with van der Waals surface area (Å²) in [5.41, 5.74) is 8.46. The van der Waals surface area contributed by atoms with E-state index in [4.69, 9.17) is 5.73 Å². The molecule has 0 aliphatic carbocycles. The lowest BCUT2D eigenvalue weighted by molar-refractivity contribution is 0.216. The van der Waals surface area contributed by atoms with Gasteiger partial charge in [0.05, 0.1) is 6.04 Å². The van der Waals surface area contributed by atoms with Gasteiger partial charge < -0.3 is 11.1 Å². The molecule has 0 spiro atoms. The van der Waals surface area contributed by atoms with E-state index < -0.39 is 0 Å². The van der Waals surface area contributed by atoms with Crippen LogP contribution in [0.1, 0.15) is 30.5 Å². The first-order valence-electron chi connectivity index (χ1n) is 7.37. The average molecular weight is 294 g/mol. The molecule has 3 N–H and O–H groups in total. The fourth-order valence-electron chi connectivity index (χ4n) is 2.66. The Hall–Kier alpha value is -0.780. The van der Waals surface area contributed by atoms with Crippen molar-refractivity contribution in [1.29, 1.82) is 0 Å². The lowest BCUT2D eigenvalue weighted by Crippen LogP contribution is -2.48. The summed E-state index contributed by atoms with van der Waals surface area (Å²) in [6.07, 6.45) is 2.97. The second-order valence-corrected chi connectivity index (χ2v) is 6.69. The predicted molar refractivity (Wildman–Crippen MR) is 88.2 cm³/mol. The van der Waals surface area contributed by atoms with Gasteiger partial charge in [0.15, 0.2) is 0 Å². The molecule has 20 heavy (non-hydrogen) atoms. The summed E-state index contributed by atoms with van der Waals surface area (Å²) in [7, 11) is 2.21. The number of nitrogens with two attached hydrogens (primary N) is 1. The fraction of sp³-hybridized carbons (Fsp3) is 0.667. The molecule has 0 bridgehead atoms. The Morgan fingerprint density at radius 1 is 1.60 bits per heavy atom. The van der Waals surface area contributed by atoms with Crippen molar-refractivity contribution >= 4 is 17.6 Å². The van der Waals surface area contributed by atoms with Gasteiger partial charge in [-0.25, -0.2) is 4.98 Å². The Bertz CT molecular complexity index is 438. The van der Waals surface area contributed by atoms with Crippen molar-refractivity contribution in [3.63, 3.8) is 0 Å². The van der Waals surface area contributed by atoms with Gasteiger partial charge in [0.25, 0.3) is 0 Å². The summed E-state index contributed by atoms with van der Waals surface area (Å²) in [4.78, 5) is 6.79. The van der Waals surface area contributed by atoms with Crippen LogP contribution in [-0.4, -0.2) is 47.6 Å². The number of nitrogens with one attached hydrogen (secondary N) is 1. The van der Waals surface area contributed by atoms with Crippen LogP contribution in [0.15, 0.2) is 12.3 Å². The van der Waals surface area contributed by atoms with Crippen LogP contribution in [0.3, 0.4) is 0 Å². The van der Waals surface area contributed by atoms with E-state index in [9.17, 15) is 0 Å². The molecule has 2 atom stereocenters. The number of rotatable bonds is 5. The molecule has 5 heteroatoms. The largest absolute Gasteiger partial charge is 0.383 e. The third-order valence-corrected chi connectivity index (χ3v) is 4.91. The highest BCUT2D eigenvalue weighted by Crippen LogP contribution is 2.29. The quantitative estimate of drug-likeness (QED) is 0.870. The van der Waals surface area contributed by atoms with E-state index in [1.54, 1.807) is 0 Å². The molecule has 4 nitrogen and oxygen atoms in total. The SMILES string of the molecule is CCCNC(c1cc(C)cnc1N)C1CSCCN1C. The molecule has 1 saturated heterocycles. The van der Waals surface area contributed by atoms with Crippen LogP contribution < -0.4 is 11.1 Å². The van der Waals surface area contributed by atoms with E-state index in [-0.39, 0.29) is 6.04 Å². The molecule has 1 aliphatic heterocycles. The second kappa shape index (κ2) is 7.29. The Kier molecular flexibility index (Phi) is 5.69. The van der Waals surface area contributed by atoms with Gasteiger partial charge in [0, 0.05) is 35.9 Å². The van der Waals surface area contributed by atoms with Crippen LogP contribution in [0.25, 0.3) is 0 Å². The second-order valence-electron chi connectivity index (χ2n) is 5.54. The lowest BCUT2D eigenvalue weighted by atomic mass is 9.98. The van der Waals surface area contributed by atoms with Crippen LogP contribution >= 0.6 is 11.8 Å². The highest BCUT2D eigenvalue weighted by Gasteiger charge is 2.30. The van der Waals surface area contributed by atoms with Gasteiger partial charge in [-0.3, -0.25) is 4.90 Å². The lowest BCUT2D eigenvalue weighted by Gasteiger charge is -2.38. The number of hydrogen-bond donors (Lipinski definition) is 2. The Morgan fingerprint density at radius 2 is 2.40 bits per heavy atom. The first kappa shape index (κ1) is 15.6. The van der Waals surface area contributed by atoms with Crippen molar-refractivity contribution in [2.24, 2.45) is 0 Å². The van der Waals surface area contributed by atoms with E-state index in [1.165, 1.54) is 11.3 Å². The van der Waals surface area contributed by atoms with Crippen molar-refractivity contribution in [2.75, 3.05) is 37.4 Å². The number of nitrogen functional groups attached to an aromatic ring is 1. The van der Waals surface area contributed by atoms with Gasteiger partial charge in [0.2, 0.25) is 0 Å². The number of nitrogens with zero attached hydrogens (tertiary/aromatic N) is 2. The molecule has 0 amide bonds. The fourth-order valence-corrected chi connectivity index (χ4v) is 3.93. The molecule has 1 aromatic rings. The summed E-state index contributed by atoms with van der Waals surface area (Å²) >= 11 is 2.03. The minimum Gasteiger partial charge on any atom is -0.383 e. The molecule has 2 unspecified atom stereocenters. The minimum absolute atomic E-state index is 0.264. The average Bonchev–Trinajstić information content (AvgIpc) is 2.44. The normalized spacial score (nSPS) is 21.9. The molecular formula is C15H26N4S.